The molecule has 1 heterocycles. The molecule has 0 unspecified atom stereocenters. The van der Waals surface area contributed by atoms with Gasteiger partial charge in [-0.1, -0.05) is 49.4 Å². The first kappa shape index (κ1) is 14.4. The minimum absolute atomic E-state index is 0.0899. The summed E-state index contributed by atoms with van der Waals surface area (Å²) in [6, 6.07) is 15.0. The molecule has 3 rings (SSSR count). The van der Waals surface area contributed by atoms with E-state index in [2.05, 4.69) is 4.99 Å². The van der Waals surface area contributed by atoms with Gasteiger partial charge in [-0.3, -0.25) is 9.59 Å². The molecule has 0 saturated heterocycles. The summed E-state index contributed by atoms with van der Waals surface area (Å²) < 4.78 is 0. The highest BCUT2D eigenvalue weighted by molar-refractivity contribution is 6.41. The number of ketones is 2. The maximum Gasteiger partial charge on any atom is 0.181 e. The van der Waals surface area contributed by atoms with Crippen molar-refractivity contribution in [3.63, 3.8) is 0 Å². The molecule has 2 aromatic carbocycles. The second-order valence-electron chi connectivity index (χ2n) is 5.44. The van der Waals surface area contributed by atoms with Crippen LogP contribution in [0.3, 0.4) is 0 Å². The Morgan fingerprint density at radius 2 is 1.91 bits per heavy atom. The number of rotatable bonds is 4. The van der Waals surface area contributed by atoms with Gasteiger partial charge in [0, 0.05) is 18.4 Å². The summed E-state index contributed by atoms with van der Waals surface area (Å²) in [6.07, 6.45) is 1.41. The first-order chi connectivity index (χ1) is 10.7. The first-order valence-corrected chi connectivity index (χ1v) is 7.48. The smallest absolute Gasteiger partial charge is 0.181 e. The zero-order valence-electron chi connectivity index (χ0n) is 12.5. The molecule has 1 aliphatic rings. The SMILES string of the molecule is CCC1=Nc2cc(CC(=O)c3ccccc3)ccc2CC1=O. The molecule has 0 saturated carbocycles. The van der Waals surface area contributed by atoms with Crippen molar-refractivity contribution in [2.75, 3.05) is 0 Å². The molecule has 0 bridgehead atoms. The quantitative estimate of drug-likeness (QED) is 0.806. The van der Waals surface area contributed by atoms with Crippen LogP contribution in [-0.4, -0.2) is 17.3 Å². The standard InChI is InChI=1S/C19H17NO2/c1-2-16-19(22)12-15-9-8-13(10-17(15)20-16)11-18(21)14-6-4-3-5-7-14/h3-10H,2,11-12H2,1H3. The lowest BCUT2D eigenvalue weighted by molar-refractivity contribution is -0.112. The molecule has 0 amide bonds. The van der Waals surface area contributed by atoms with Gasteiger partial charge >= 0.3 is 0 Å². The lowest BCUT2D eigenvalue weighted by Gasteiger charge is -2.14. The Bertz CT molecular complexity index is 760. The van der Waals surface area contributed by atoms with Gasteiger partial charge in [-0.25, -0.2) is 4.99 Å². The highest BCUT2D eigenvalue weighted by Crippen LogP contribution is 2.27. The predicted molar refractivity (Wildman–Crippen MR) is 87.0 cm³/mol. The molecule has 110 valence electrons. The van der Waals surface area contributed by atoms with E-state index in [4.69, 9.17) is 0 Å². The third-order valence-corrected chi connectivity index (χ3v) is 3.87. The fourth-order valence-corrected chi connectivity index (χ4v) is 2.64. The van der Waals surface area contributed by atoms with Gasteiger partial charge < -0.3 is 0 Å². The van der Waals surface area contributed by atoms with Crippen LogP contribution in [-0.2, 0) is 17.6 Å². The molecule has 0 N–H and O–H groups in total. The van der Waals surface area contributed by atoms with Gasteiger partial charge in [0.2, 0.25) is 0 Å². The van der Waals surface area contributed by atoms with E-state index in [9.17, 15) is 9.59 Å². The van der Waals surface area contributed by atoms with Crippen molar-refractivity contribution in [3.05, 3.63) is 65.2 Å². The van der Waals surface area contributed by atoms with Crippen LogP contribution in [0.2, 0.25) is 0 Å². The van der Waals surface area contributed by atoms with Crippen molar-refractivity contribution < 1.29 is 9.59 Å². The van der Waals surface area contributed by atoms with Crippen LogP contribution >= 0.6 is 0 Å². The number of hydrogen-bond acceptors (Lipinski definition) is 3. The fraction of sp³-hybridized carbons (Fsp3) is 0.211. The molecule has 0 aliphatic carbocycles. The Morgan fingerprint density at radius 1 is 1.14 bits per heavy atom. The maximum absolute atomic E-state index is 12.3. The second kappa shape index (κ2) is 6.06. The molecule has 3 heteroatoms. The van der Waals surface area contributed by atoms with Crippen molar-refractivity contribution >= 4 is 23.0 Å². The first-order valence-electron chi connectivity index (χ1n) is 7.48. The lowest BCUT2D eigenvalue weighted by atomic mass is 9.95. The largest absolute Gasteiger partial charge is 0.294 e. The van der Waals surface area contributed by atoms with Gasteiger partial charge in [-0.2, -0.15) is 0 Å². The molecule has 0 aromatic heterocycles. The number of benzene rings is 2. The highest BCUT2D eigenvalue weighted by Gasteiger charge is 2.19. The van der Waals surface area contributed by atoms with Crippen LogP contribution in [0.15, 0.2) is 53.5 Å². The van der Waals surface area contributed by atoms with Crippen LogP contribution in [0.4, 0.5) is 5.69 Å². The fourth-order valence-electron chi connectivity index (χ4n) is 2.64. The number of carbonyl (C=O) groups is 2. The normalized spacial score (nSPS) is 13.5. The van der Waals surface area contributed by atoms with E-state index < -0.39 is 0 Å². The summed E-state index contributed by atoms with van der Waals surface area (Å²) in [4.78, 5) is 28.6. The van der Waals surface area contributed by atoms with Crippen molar-refractivity contribution in [1.82, 2.24) is 0 Å². The molecule has 0 radical (unpaired) electrons. The van der Waals surface area contributed by atoms with Crippen LogP contribution in [0.5, 0.6) is 0 Å². The molecule has 1 aliphatic heterocycles. The van der Waals surface area contributed by atoms with E-state index in [1.807, 2.05) is 55.5 Å². The van der Waals surface area contributed by atoms with Gasteiger partial charge in [0.1, 0.15) is 0 Å². The molecular weight excluding hydrogens is 274 g/mol. The molecule has 0 spiro atoms. The summed E-state index contributed by atoms with van der Waals surface area (Å²) in [6.45, 7) is 1.94. The van der Waals surface area contributed by atoms with Crippen molar-refractivity contribution in [2.45, 2.75) is 26.2 Å². The average molecular weight is 291 g/mol. The molecule has 3 nitrogen and oxygen atoms in total. The van der Waals surface area contributed by atoms with E-state index in [-0.39, 0.29) is 11.6 Å². The maximum atomic E-state index is 12.3. The minimum Gasteiger partial charge on any atom is -0.294 e. The molecular formula is C19H17NO2. The monoisotopic (exact) mass is 291 g/mol. The van der Waals surface area contributed by atoms with Gasteiger partial charge in [-0.05, 0) is 23.6 Å². The summed E-state index contributed by atoms with van der Waals surface area (Å²) >= 11 is 0. The predicted octanol–water partition coefficient (Wildman–Crippen LogP) is 3.72. The summed E-state index contributed by atoms with van der Waals surface area (Å²) in [5.41, 5.74) is 4.04. The van der Waals surface area contributed by atoms with Crippen LogP contribution in [0, 0.1) is 0 Å². The number of fused-ring (bicyclic) bond motifs is 1. The zero-order valence-corrected chi connectivity index (χ0v) is 12.5. The topological polar surface area (TPSA) is 46.5 Å². The Balaban J connectivity index is 1.85. The van der Waals surface area contributed by atoms with Gasteiger partial charge in [0.25, 0.3) is 0 Å². The number of aliphatic imine (C=N–C) groups is 1. The van der Waals surface area contributed by atoms with Gasteiger partial charge in [0.15, 0.2) is 11.6 Å². The summed E-state index contributed by atoms with van der Waals surface area (Å²) in [7, 11) is 0. The van der Waals surface area contributed by atoms with E-state index in [1.165, 1.54) is 0 Å². The third-order valence-electron chi connectivity index (χ3n) is 3.87. The van der Waals surface area contributed by atoms with Crippen LogP contribution < -0.4 is 0 Å². The number of nitrogens with zero attached hydrogens (tertiary/aromatic N) is 1. The Hall–Kier alpha value is -2.55. The Labute approximate surface area is 129 Å². The second-order valence-corrected chi connectivity index (χ2v) is 5.44. The minimum atomic E-state index is 0.0899. The number of carbonyl (C=O) groups excluding carboxylic acids is 2. The van der Waals surface area contributed by atoms with E-state index in [0.717, 1.165) is 16.8 Å². The molecule has 22 heavy (non-hydrogen) atoms. The average Bonchev–Trinajstić information content (AvgIpc) is 2.55. The van der Waals surface area contributed by atoms with E-state index in [1.54, 1.807) is 0 Å². The van der Waals surface area contributed by atoms with Gasteiger partial charge in [-0.15, -0.1) is 0 Å². The van der Waals surface area contributed by atoms with Crippen molar-refractivity contribution in [2.24, 2.45) is 4.99 Å². The lowest BCUT2D eigenvalue weighted by Crippen LogP contribution is -2.19. The van der Waals surface area contributed by atoms with Crippen molar-refractivity contribution in [1.29, 1.82) is 0 Å². The van der Waals surface area contributed by atoms with Gasteiger partial charge in [0.05, 0.1) is 11.4 Å². The van der Waals surface area contributed by atoms with E-state index >= 15 is 0 Å². The van der Waals surface area contributed by atoms with Crippen LogP contribution in [0.1, 0.15) is 34.8 Å². The Kier molecular flexibility index (Phi) is 3.96. The van der Waals surface area contributed by atoms with Crippen molar-refractivity contribution in [3.8, 4) is 0 Å². The third kappa shape index (κ3) is 2.89. The Morgan fingerprint density at radius 3 is 2.64 bits per heavy atom. The molecule has 0 atom stereocenters. The number of hydrogen-bond donors (Lipinski definition) is 0. The highest BCUT2D eigenvalue weighted by atomic mass is 16.1. The van der Waals surface area contributed by atoms with Crippen LogP contribution in [0.25, 0.3) is 0 Å². The number of Topliss-reactive ketones (excluding diaryl/α,β-unsaturated/α-hetero) is 2. The zero-order chi connectivity index (χ0) is 15.5. The van der Waals surface area contributed by atoms with E-state index in [0.29, 0.717) is 30.5 Å². The summed E-state index contributed by atoms with van der Waals surface area (Å²) in [5, 5.41) is 0. The molecule has 0 fully saturated rings. The summed E-state index contributed by atoms with van der Waals surface area (Å²) in [5.74, 6) is 0.190. The molecule has 2 aromatic rings.